The van der Waals surface area contributed by atoms with E-state index in [1.807, 2.05) is 19.9 Å². The van der Waals surface area contributed by atoms with E-state index in [4.69, 9.17) is 4.74 Å². The number of esters is 1. The highest BCUT2D eigenvalue weighted by molar-refractivity contribution is 5.94. The Morgan fingerprint density at radius 3 is 2.38 bits per heavy atom. The topological polar surface area (TPSA) is 43.4 Å². The Kier molecular flexibility index (Phi) is 5.85. The molecule has 0 atom stereocenters. The van der Waals surface area contributed by atoms with Crippen molar-refractivity contribution < 1.29 is 14.3 Å². The molecule has 3 heteroatoms. The first-order chi connectivity index (χ1) is 6.06. The molecular weight excluding hydrogens is 168 g/mol. The quantitative estimate of drug-likeness (QED) is 0.372. The van der Waals surface area contributed by atoms with Gasteiger partial charge in [-0.15, -0.1) is 0 Å². The molecule has 0 N–H and O–H groups in total. The average Bonchev–Trinajstić information content (AvgIpc) is 2.02. The second kappa shape index (κ2) is 6.40. The lowest BCUT2D eigenvalue weighted by Gasteiger charge is -2.02. The average molecular weight is 184 g/mol. The predicted molar refractivity (Wildman–Crippen MR) is 50.3 cm³/mol. The second-order valence-corrected chi connectivity index (χ2v) is 2.98. The minimum absolute atomic E-state index is 0.116. The summed E-state index contributed by atoms with van der Waals surface area (Å²) in [5.74, 6) is -0.593. The van der Waals surface area contributed by atoms with Gasteiger partial charge in [-0.25, -0.2) is 0 Å². The molecule has 0 aromatic heterocycles. The fourth-order valence-electron chi connectivity index (χ4n) is 0.724. The summed E-state index contributed by atoms with van der Waals surface area (Å²) in [6.07, 6.45) is 2.59. The van der Waals surface area contributed by atoms with E-state index in [1.165, 1.54) is 12.5 Å². The fourth-order valence-corrected chi connectivity index (χ4v) is 0.724. The Morgan fingerprint density at radius 1 is 1.31 bits per heavy atom. The Morgan fingerprint density at radius 2 is 1.92 bits per heavy atom. The normalized spacial score (nSPS) is 11.2. The molecule has 0 aromatic rings. The molecule has 0 amide bonds. The van der Waals surface area contributed by atoms with Crippen LogP contribution in [0.2, 0.25) is 0 Å². The second-order valence-electron chi connectivity index (χ2n) is 2.98. The van der Waals surface area contributed by atoms with Gasteiger partial charge in [0.05, 0.1) is 6.61 Å². The van der Waals surface area contributed by atoms with Crippen molar-refractivity contribution in [3.8, 4) is 0 Å². The molecule has 74 valence electrons. The summed E-state index contributed by atoms with van der Waals surface area (Å²) in [7, 11) is 0. The minimum atomic E-state index is -0.434. The van der Waals surface area contributed by atoms with Gasteiger partial charge < -0.3 is 4.74 Å². The summed E-state index contributed by atoms with van der Waals surface area (Å²) in [6.45, 7) is 5.65. The van der Waals surface area contributed by atoms with Crippen molar-refractivity contribution in [2.45, 2.75) is 33.6 Å². The van der Waals surface area contributed by atoms with E-state index < -0.39 is 5.97 Å². The van der Waals surface area contributed by atoms with Crippen LogP contribution in [0.15, 0.2) is 11.6 Å². The third-order valence-corrected chi connectivity index (χ3v) is 1.65. The van der Waals surface area contributed by atoms with Crippen molar-refractivity contribution in [1.82, 2.24) is 0 Å². The number of hydrogen-bond donors (Lipinski definition) is 0. The van der Waals surface area contributed by atoms with Crippen LogP contribution in [0.25, 0.3) is 0 Å². The molecule has 0 aliphatic heterocycles. The van der Waals surface area contributed by atoms with Gasteiger partial charge in [-0.3, -0.25) is 9.59 Å². The zero-order valence-electron chi connectivity index (χ0n) is 8.42. The fraction of sp³-hybridized carbons (Fsp3) is 0.600. The summed E-state index contributed by atoms with van der Waals surface area (Å²) in [6, 6.07) is 0. The molecule has 0 heterocycles. The van der Waals surface area contributed by atoms with Crippen LogP contribution in [0, 0.1) is 0 Å². The Hall–Kier alpha value is -1.12. The van der Waals surface area contributed by atoms with E-state index in [1.54, 1.807) is 0 Å². The van der Waals surface area contributed by atoms with E-state index in [2.05, 4.69) is 0 Å². The molecule has 0 aliphatic carbocycles. The predicted octanol–water partition coefficient (Wildman–Crippen LogP) is 1.86. The van der Waals surface area contributed by atoms with Gasteiger partial charge in [0, 0.05) is 6.42 Å². The van der Waals surface area contributed by atoms with Gasteiger partial charge in [-0.2, -0.15) is 0 Å². The molecule has 0 saturated heterocycles. The van der Waals surface area contributed by atoms with Crippen molar-refractivity contribution in [1.29, 1.82) is 0 Å². The molecule has 0 rings (SSSR count). The van der Waals surface area contributed by atoms with Crippen molar-refractivity contribution in [3.63, 3.8) is 0 Å². The van der Waals surface area contributed by atoms with Crippen molar-refractivity contribution in [3.05, 3.63) is 11.6 Å². The van der Waals surface area contributed by atoms with E-state index in [0.29, 0.717) is 6.61 Å². The van der Waals surface area contributed by atoms with Crippen LogP contribution in [0.3, 0.4) is 0 Å². The first-order valence-corrected chi connectivity index (χ1v) is 4.33. The molecule has 3 nitrogen and oxygen atoms in total. The van der Waals surface area contributed by atoms with E-state index in [9.17, 15) is 9.59 Å². The van der Waals surface area contributed by atoms with Crippen LogP contribution in [0.1, 0.15) is 33.6 Å². The van der Waals surface area contributed by atoms with Gasteiger partial charge in [0.2, 0.25) is 0 Å². The van der Waals surface area contributed by atoms with Crippen LogP contribution in [-0.4, -0.2) is 18.4 Å². The Balaban J connectivity index is 3.54. The summed E-state index contributed by atoms with van der Waals surface area (Å²) in [5.41, 5.74) is 1.18. The third kappa shape index (κ3) is 7.25. The lowest BCUT2D eigenvalue weighted by Crippen LogP contribution is -2.09. The third-order valence-electron chi connectivity index (χ3n) is 1.65. The first-order valence-electron chi connectivity index (χ1n) is 4.33. The van der Waals surface area contributed by atoms with Crippen LogP contribution in [0.5, 0.6) is 0 Å². The van der Waals surface area contributed by atoms with Crippen LogP contribution in [-0.2, 0) is 14.3 Å². The maximum Gasteiger partial charge on any atom is 0.313 e. The number of Topliss-reactive ketones (excluding diaryl/α,β-unsaturated/α-hetero) is 1. The lowest BCUT2D eigenvalue weighted by atomic mass is 10.2. The van der Waals surface area contributed by atoms with Gasteiger partial charge in [-0.1, -0.05) is 11.6 Å². The van der Waals surface area contributed by atoms with Crippen LogP contribution in [0.4, 0.5) is 0 Å². The van der Waals surface area contributed by atoms with Crippen LogP contribution < -0.4 is 0 Å². The summed E-state index contributed by atoms with van der Waals surface area (Å²) in [4.78, 5) is 21.4. The van der Waals surface area contributed by atoms with Gasteiger partial charge in [0.1, 0.15) is 12.2 Å². The highest BCUT2D eigenvalue weighted by Gasteiger charge is 2.05. The zero-order chi connectivity index (χ0) is 10.3. The van der Waals surface area contributed by atoms with E-state index in [0.717, 1.165) is 6.42 Å². The van der Waals surface area contributed by atoms with Crippen molar-refractivity contribution in [2.75, 3.05) is 6.61 Å². The summed E-state index contributed by atoms with van der Waals surface area (Å²) in [5, 5.41) is 0. The molecule has 0 aliphatic rings. The van der Waals surface area contributed by atoms with Gasteiger partial charge in [0.25, 0.3) is 0 Å². The standard InChI is InChI=1S/C10H16O3/c1-4-8(2)5-6-13-10(12)7-9(3)11/h4H,5-7H2,1-3H3. The van der Waals surface area contributed by atoms with Crippen molar-refractivity contribution >= 4 is 11.8 Å². The van der Waals surface area contributed by atoms with Gasteiger partial charge in [-0.05, 0) is 20.8 Å². The number of ether oxygens (including phenoxy) is 1. The number of hydrogen-bond acceptors (Lipinski definition) is 3. The van der Waals surface area contributed by atoms with E-state index >= 15 is 0 Å². The number of rotatable bonds is 5. The highest BCUT2D eigenvalue weighted by atomic mass is 16.5. The maximum absolute atomic E-state index is 10.9. The number of carbonyl (C=O) groups excluding carboxylic acids is 2. The monoisotopic (exact) mass is 184 g/mol. The SMILES string of the molecule is CC=C(C)CCOC(=O)CC(C)=O. The van der Waals surface area contributed by atoms with E-state index in [-0.39, 0.29) is 12.2 Å². The highest BCUT2D eigenvalue weighted by Crippen LogP contribution is 1.99. The Labute approximate surface area is 78.8 Å². The molecule has 13 heavy (non-hydrogen) atoms. The summed E-state index contributed by atoms with van der Waals surface area (Å²) >= 11 is 0. The molecule has 0 fully saturated rings. The number of ketones is 1. The van der Waals surface area contributed by atoms with Crippen LogP contribution >= 0.6 is 0 Å². The molecule has 0 saturated carbocycles. The molecule has 0 bridgehead atoms. The molecule has 0 radical (unpaired) electrons. The van der Waals surface area contributed by atoms with Gasteiger partial charge in [0.15, 0.2) is 0 Å². The lowest BCUT2D eigenvalue weighted by molar-refractivity contribution is -0.145. The molecule has 0 spiro atoms. The van der Waals surface area contributed by atoms with Gasteiger partial charge >= 0.3 is 5.97 Å². The minimum Gasteiger partial charge on any atom is -0.465 e. The zero-order valence-corrected chi connectivity index (χ0v) is 8.42. The molecule has 0 aromatic carbocycles. The summed E-state index contributed by atoms with van der Waals surface area (Å²) < 4.78 is 4.82. The molecular formula is C10H16O3. The largest absolute Gasteiger partial charge is 0.465 e. The Bertz CT molecular complexity index is 216. The molecule has 0 unspecified atom stereocenters. The smallest absolute Gasteiger partial charge is 0.313 e. The number of carbonyl (C=O) groups is 2. The van der Waals surface area contributed by atoms with Crippen molar-refractivity contribution in [2.24, 2.45) is 0 Å². The number of allylic oxidation sites excluding steroid dienone is 1. The maximum atomic E-state index is 10.9. The first kappa shape index (κ1) is 11.9.